The van der Waals surface area contributed by atoms with Crippen molar-refractivity contribution in [3.8, 4) is 11.3 Å². The molecule has 2 N–H and O–H groups in total. The van der Waals surface area contributed by atoms with Crippen molar-refractivity contribution in [1.82, 2.24) is 10.3 Å². The van der Waals surface area contributed by atoms with Crippen molar-refractivity contribution in [2.24, 2.45) is 0 Å². The molecule has 0 aliphatic carbocycles. The second kappa shape index (κ2) is 8.14. The second-order valence-corrected chi connectivity index (χ2v) is 6.87. The molecule has 0 saturated carbocycles. The summed E-state index contributed by atoms with van der Waals surface area (Å²) in [6, 6.07) is 18.2. The van der Waals surface area contributed by atoms with E-state index in [4.69, 9.17) is 0 Å². The number of amides is 2. The first-order chi connectivity index (χ1) is 13.0. The Kier molecular flexibility index (Phi) is 5.66. The van der Waals surface area contributed by atoms with Gasteiger partial charge in [-0.05, 0) is 55.5 Å². The number of hydrogen-bond donors (Lipinski definition) is 2. The fourth-order valence-corrected chi connectivity index (χ4v) is 3.06. The maximum atomic E-state index is 12.6. The summed E-state index contributed by atoms with van der Waals surface area (Å²) in [6.07, 6.45) is 0. The largest absolute Gasteiger partial charge is 0.355 e. The third kappa shape index (κ3) is 4.41. The zero-order chi connectivity index (χ0) is 19.4. The molecular weight excluding hydrogens is 406 g/mol. The Bertz CT molecular complexity index is 1000. The zero-order valence-electron chi connectivity index (χ0n) is 14.9. The Hall–Kier alpha value is -2.99. The van der Waals surface area contributed by atoms with Crippen LogP contribution in [-0.2, 0) is 0 Å². The molecule has 3 aromatic rings. The molecular formula is C21H18BrN3O2. The molecule has 0 fully saturated rings. The molecule has 0 bridgehead atoms. The SMILES string of the molecule is CNC(=O)c1ccc(NC(=O)c2ccc(-c3cccc(Br)c3)nc2C)cc1. The number of nitrogens with zero attached hydrogens (tertiary/aromatic N) is 1. The van der Waals surface area contributed by atoms with E-state index in [0.717, 1.165) is 15.7 Å². The Balaban J connectivity index is 1.78. The van der Waals surface area contributed by atoms with Gasteiger partial charge in [-0.2, -0.15) is 0 Å². The van der Waals surface area contributed by atoms with Crippen molar-refractivity contribution < 1.29 is 9.59 Å². The number of nitrogens with one attached hydrogen (secondary N) is 2. The summed E-state index contributed by atoms with van der Waals surface area (Å²) in [7, 11) is 1.57. The first-order valence-corrected chi connectivity index (χ1v) is 9.14. The molecule has 0 unspecified atom stereocenters. The molecule has 6 heteroatoms. The lowest BCUT2D eigenvalue weighted by atomic mass is 10.1. The number of benzene rings is 2. The maximum absolute atomic E-state index is 12.6. The van der Waals surface area contributed by atoms with Gasteiger partial charge in [-0.25, -0.2) is 0 Å². The van der Waals surface area contributed by atoms with Crippen LogP contribution in [0.15, 0.2) is 65.1 Å². The Morgan fingerprint density at radius 3 is 2.33 bits per heavy atom. The minimum Gasteiger partial charge on any atom is -0.355 e. The summed E-state index contributed by atoms with van der Waals surface area (Å²) in [5.41, 5.74) is 4.08. The molecule has 0 atom stereocenters. The van der Waals surface area contributed by atoms with Gasteiger partial charge in [0.1, 0.15) is 0 Å². The number of anilines is 1. The number of hydrogen-bond acceptors (Lipinski definition) is 3. The van der Waals surface area contributed by atoms with Gasteiger partial charge in [-0.3, -0.25) is 14.6 Å². The molecule has 0 spiro atoms. The molecule has 0 saturated heterocycles. The van der Waals surface area contributed by atoms with Crippen molar-refractivity contribution in [2.75, 3.05) is 12.4 Å². The molecule has 2 aromatic carbocycles. The number of pyridine rings is 1. The molecule has 5 nitrogen and oxygen atoms in total. The Morgan fingerprint density at radius 2 is 1.70 bits per heavy atom. The number of aromatic nitrogens is 1. The van der Waals surface area contributed by atoms with Crippen molar-refractivity contribution in [2.45, 2.75) is 6.92 Å². The van der Waals surface area contributed by atoms with Gasteiger partial charge in [0.15, 0.2) is 0 Å². The molecule has 1 aromatic heterocycles. The summed E-state index contributed by atoms with van der Waals surface area (Å²) in [5, 5.41) is 5.39. The summed E-state index contributed by atoms with van der Waals surface area (Å²) in [5.74, 6) is -0.412. The summed E-state index contributed by atoms with van der Waals surface area (Å²) < 4.78 is 0.974. The van der Waals surface area contributed by atoms with E-state index < -0.39 is 0 Å². The van der Waals surface area contributed by atoms with E-state index in [1.54, 1.807) is 37.4 Å². The Labute approximate surface area is 166 Å². The molecule has 27 heavy (non-hydrogen) atoms. The van der Waals surface area contributed by atoms with Crippen molar-refractivity contribution >= 4 is 33.4 Å². The van der Waals surface area contributed by atoms with Gasteiger partial charge in [-0.1, -0.05) is 28.1 Å². The van der Waals surface area contributed by atoms with Crippen LogP contribution < -0.4 is 10.6 Å². The third-order valence-electron chi connectivity index (χ3n) is 4.08. The smallest absolute Gasteiger partial charge is 0.257 e. The average Bonchev–Trinajstić information content (AvgIpc) is 2.67. The van der Waals surface area contributed by atoms with E-state index in [-0.39, 0.29) is 11.8 Å². The molecule has 2 amide bonds. The molecule has 0 radical (unpaired) electrons. The quantitative estimate of drug-likeness (QED) is 0.651. The second-order valence-electron chi connectivity index (χ2n) is 5.95. The van der Waals surface area contributed by atoms with E-state index in [2.05, 4.69) is 31.5 Å². The van der Waals surface area contributed by atoms with Gasteiger partial charge in [0.2, 0.25) is 0 Å². The van der Waals surface area contributed by atoms with E-state index in [9.17, 15) is 9.59 Å². The van der Waals surface area contributed by atoms with Gasteiger partial charge >= 0.3 is 0 Å². The van der Waals surface area contributed by atoms with Crippen molar-refractivity contribution in [3.05, 3.63) is 82.0 Å². The highest BCUT2D eigenvalue weighted by Gasteiger charge is 2.12. The van der Waals surface area contributed by atoms with Crippen LogP contribution in [0.4, 0.5) is 5.69 Å². The summed E-state index contributed by atoms with van der Waals surface area (Å²) in [6.45, 7) is 1.81. The van der Waals surface area contributed by atoms with E-state index in [1.165, 1.54) is 0 Å². The lowest BCUT2D eigenvalue weighted by Gasteiger charge is -2.10. The zero-order valence-corrected chi connectivity index (χ0v) is 16.5. The summed E-state index contributed by atoms with van der Waals surface area (Å²) in [4.78, 5) is 28.7. The number of aryl methyl sites for hydroxylation is 1. The van der Waals surface area contributed by atoms with Crippen LogP contribution in [0.1, 0.15) is 26.4 Å². The third-order valence-corrected chi connectivity index (χ3v) is 4.58. The topological polar surface area (TPSA) is 71.1 Å². The van der Waals surface area contributed by atoms with Crippen LogP contribution in [0.3, 0.4) is 0 Å². The first-order valence-electron chi connectivity index (χ1n) is 8.35. The lowest BCUT2D eigenvalue weighted by molar-refractivity contribution is 0.0962. The van der Waals surface area contributed by atoms with Crippen LogP contribution in [0.2, 0.25) is 0 Å². The van der Waals surface area contributed by atoms with Crippen LogP contribution in [0.25, 0.3) is 11.3 Å². The minimum atomic E-state index is -0.242. The molecule has 3 rings (SSSR count). The highest BCUT2D eigenvalue weighted by Crippen LogP contribution is 2.23. The van der Waals surface area contributed by atoms with Gasteiger partial charge in [0.25, 0.3) is 11.8 Å². The van der Waals surface area contributed by atoms with Gasteiger partial charge in [-0.15, -0.1) is 0 Å². The van der Waals surface area contributed by atoms with Crippen LogP contribution >= 0.6 is 15.9 Å². The number of halogens is 1. The average molecular weight is 424 g/mol. The highest BCUT2D eigenvalue weighted by atomic mass is 79.9. The molecule has 0 aliphatic rings. The minimum absolute atomic E-state index is 0.170. The first kappa shape index (κ1) is 18.8. The standard InChI is InChI=1S/C21H18BrN3O2/c1-13-18(10-11-19(24-13)15-4-3-5-16(22)12-15)21(27)25-17-8-6-14(7-9-17)20(26)23-2/h3-12H,1-2H3,(H,23,26)(H,25,27). The molecule has 0 aliphatic heterocycles. The van der Waals surface area contributed by atoms with Crippen LogP contribution in [0.5, 0.6) is 0 Å². The predicted molar refractivity (Wildman–Crippen MR) is 110 cm³/mol. The maximum Gasteiger partial charge on any atom is 0.257 e. The number of rotatable bonds is 4. The Morgan fingerprint density at radius 1 is 0.963 bits per heavy atom. The monoisotopic (exact) mass is 423 g/mol. The van der Waals surface area contributed by atoms with E-state index >= 15 is 0 Å². The fourth-order valence-electron chi connectivity index (χ4n) is 2.66. The van der Waals surface area contributed by atoms with Gasteiger partial charge in [0, 0.05) is 28.3 Å². The fraction of sp³-hybridized carbons (Fsp3) is 0.0952. The normalized spacial score (nSPS) is 10.3. The highest BCUT2D eigenvalue weighted by molar-refractivity contribution is 9.10. The van der Waals surface area contributed by atoms with E-state index in [0.29, 0.717) is 22.5 Å². The van der Waals surface area contributed by atoms with Gasteiger partial charge in [0.05, 0.1) is 17.0 Å². The van der Waals surface area contributed by atoms with Crippen LogP contribution in [-0.4, -0.2) is 23.8 Å². The number of carbonyl (C=O) groups excluding carboxylic acids is 2. The molecule has 136 valence electrons. The predicted octanol–water partition coefficient (Wildman–Crippen LogP) is 4.43. The van der Waals surface area contributed by atoms with E-state index in [1.807, 2.05) is 37.3 Å². The summed E-state index contributed by atoms with van der Waals surface area (Å²) >= 11 is 3.45. The van der Waals surface area contributed by atoms with Crippen LogP contribution in [0, 0.1) is 6.92 Å². The lowest BCUT2D eigenvalue weighted by Crippen LogP contribution is -2.18. The van der Waals surface area contributed by atoms with Crippen molar-refractivity contribution in [1.29, 1.82) is 0 Å². The van der Waals surface area contributed by atoms with Gasteiger partial charge < -0.3 is 10.6 Å². The van der Waals surface area contributed by atoms with Crippen molar-refractivity contribution in [3.63, 3.8) is 0 Å². The number of carbonyl (C=O) groups is 2. The molecule has 1 heterocycles.